The van der Waals surface area contributed by atoms with E-state index in [0.717, 1.165) is 0 Å². The number of anilines is 2. The van der Waals surface area contributed by atoms with Crippen LogP contribution in [-0.2, 0) is 0 Å². The number of benzene rings is 2. The Kier molecular flexibility index (Phi) is 4.02. The average Bonchev–Trinajstić information content (AvgIpc) is 2.40. The molecular formula is C14H11F3N2O2. The zero-order valence-corrected chi connectivity index (χ0v) is 10.9. The minimum atomic E-state index is -1.30. The first-order chi connectivity index (χ1) is 9.92. The van der Waals surface area contributed by atoms with Crippen LogP contribution >= 0.6 is 0 Å². The minimum absolute atomic E-state index is 0.127. The molecule has 0 saturated carbocycles. The van der Waals surface area contributed by atoms with E-state index in [1.807, 2.05) is 0 Å². The number of halogens is 3. The first-order valence-corrected chi connectivity index (χ1v) is 5.81. The van der Waals surface area contributed by atoms with Crippen LogP contribution in [0.2, 0.25) is 0 Å². The van der Waals surface area contributed by atoms with E-state index in [9.17, 15) is 18.0 Å². The van der Waals surface area contributed by atoms with Gasteiger partial charge in [-0.1, -0.05) is 0 Å². The second-order valence-electron chi connectivity index (χ2n) is 4.15. The number of hydrogen-bond acceptors (Lipinski definition) is 3. The van der Waals surface area contributed by atoms with Gasteiger partial charge < -0.3 is 15.8 Å². The largest absolute Gasteiger partial charge is 0.497 e. The summed E-state index contributed by atoms with van der Waals surface area (Å²) in [7, 11) is 1.41. The van der Waals surface area contributed by atoms with Crippen LogP contribution in [-0.4, -0.2) is 13.0 Å². The van der Waals surface area contributed by atoms with Crippen LogP contribution in [0, 0.1) is 17.5 Å². The van der Waals surface area contributed by atoms with Crippen molar-refractivity contribution in [3.8, 4) is 5.75 Å². The third-order valence-electron chi connectivity index (χ3n) is 2.74. The Morgan fingerprint density at radius 2 is 1.76 bits per heavy atom. The Hall–Kier alpha value is -2.70. The van der Waals surface area contributed by atoms with E-state index in [1.165, 1.54) is 19.2 Å². The number of amides is 1. The van der Waals surface area contributed by atoms with Crippen molar-refractivity contribution in [1.29, 1.82) is 0 Å². The van der Waals surface area contributed by atoms with E-state index in [1.54, 1.807) is 6.07 Å². The van der Waals surface area contributed by atoms with Gasteiger partial charge in [-0.2, -0.15) is 0 Å². The number of methoxy groups -OCH3 is 1. The maximum Gasteiger partial charge on any atom is 0.261 e. The van der Waals surface area contributed by atoms with E-state index in [2.05, 4.69) is 5.32 Å². The van der Waals surface area contributed by atoms with Gasteiger partial charge in [-0.25, -0.2) is 13.2 Å². The van der Waals surface area contributed by atoms with E-state index in [0.29, 0.717) is 17.9 Å². The SMILES string of the molecule is COc1ccc(N)c(NC(=O)c2c(F)cc(F)cc2F)c1. The molecule has 21 heavy (non-hydrogen) atoms. The van der Waals surface area contributed by atoms with Crippen molar-refractivity contribution in [3.63, 3.8) is 0 Å². The van der Waals surface area contributed by atoms with Crippen LogP contribution in [0.5, 0.6) is 5.75 Å². The molecule has 0 unspecified atom stereocenters. The number of hydrogen-bond donors (Lipinski definition) is 2. The van der Waals surface area contributed by atoms with Crippen molar-refractivity contribution in [3.05, 3.63) is 53.3 Å². The molecule has 0 aliphatic heterocycles. The van der Waals surface area contributed by atoms with Crippen molar-refractivity contribution in [2.24, 2.45) is 0 Å². The molecule has 0 aromatic heterocycles. The average molecular weight is 296 g/mol. The predicted molar refractivity (Wildman–Crippen MR) is 71.7 cm³/mol. The topological polar surface area (TPSA) is 64.3 Å². The summed E-state index contributed by atoms with van der Waals surface area (Å²) >= 11 is 0. The molecular weight excluding hydrogens is 285 g/mol. The molecule has 0 spiro atoms. The van der Waals surface area contributed by atoms with Gasteiger partial charge in [0.05, 0.1) is 18.5 Å². The lowest BCUT2D eigenvalue weighted by atomic mass is 10.1. The molecule has 0 aliphatic rings. The van der Waals surface area contributed by atoms with E-state index in [-0.39, 0.29) is 11.4 Å². The van der Waals surface area contributed by atoms with E-state index >= 15 is 0 Å². The Labute approximate surface area is 118 Å². The van der Waals surface area contributed by atoms with Crippen molar-refractivity contribution in [2.45, 2.75) is 0 Å². The molecule has 110 valence electrons. The van der Waals surface area contributed by atoms with Crippen LogP contribution in [0.25, 0.3) is 0 Å². The van der Waals surface area contributed by atoms with E-state index in [4.69, 9.17) is 10.5 Å². The van der Waals surface area contributed by atoms with Gasteiger partial charge in [0.2, 0.25) is 0 Å². The Balaban J connectivity index is 2.35. The van der Waals surface area contributed by atoms with Crippen molar-refractivity contribution in [2.75, 3.05) is 18.2 Å². The van der Waals surface area contributed by atoms with Crippen LogP contribution in [0.15, 0.2) is 30.3 Å². The van der Waals surface area contributed by atoms with Crippen molar-refractivity contribution in [1.82, 2.24) is 0 Å². The number of rotatable bonds is 3. The fraction of sp³-hybridized carbons (Fsp3) is 0.0714. The fourth-order valence-corrected chi connectivity index (χ4v) is 1.71. The van der Waals surface area contributed by atoms with Crippen molar-refractivity contribution < 1.29 is 22.7 Å². The number of carbonyl (C=O) groups is 1. The summed E-state index contributed by atoms with van der Waals surface area (Å²) in [5.41, 5.74) is 5.08. The standard InChI is InChI=1S/C14H11F3N2O2/c1-21-8-2-3-11(18)12(6-8)19-14(20)13-9(16)4-7(15)5-10(13)17/h2-6H,18H2,1H3,(H,19,20). The lowest BCUT2D eigenvalue weighted by molar-refractivity contribution is 0.101. The highest BCUT2D eigenvalue weighted by atomic mass is 19.1. The first kappa shape index (κ1) is 14.7. The second kappa shape index (κ2) is 5.74. The molecule has 0 aliphatic carbocycles. The van der Waals surface area contributed by atoms with Gasteiger partial charge in [-0.05, 0) is 12.1 Å². The Morgan fingerprint density at radius 3 is 2.33 bits per heavy atom. The summed E-state index contributed by atoms with van der Waals surface area (Å²) in [6, 6.07) is 5.27. The Bertz CT molecular complexity index is 682. The summed E-state index contributed by atoms with van der Waals surface area (Å²) in [4.78, 5) is 11.9. The number of nitrogens with two attached hydrogens (primary N) is 1. The summed E-state index contributed by atoms with van der Waals surface area (Å²) in [5.74, 6) is -4.38. The lowest BCUT2D eigenvalue weighted by Gasteiger charge is -2.11. The molecule has 0 fully saturated rings. The molecule has 2 rings (SSSR count). The highest BCUT2D eigenvalue weighted by Gasteiger charge is 2.20. The second-order valence-corrected chi connectivity index (χ2v) is 4.15. The van der Waals surface area contributed by atoms with Crippen LogP contribution in [0.4, 0.5) is 24.5 Å². The maximum absolute atomic E-state index is 13.5. The monoisotopic (exact) mass is 296 g/mol. The van der Waals surface area contributed by atoms with Crippen LogP contribution in [0.3, 0.4) is 0 Å². The zero-order chi connectivity index (χ0) is 15.6. The molecule has 3 N–H and O–H groups in total. The van der Waals surface area contributed by atoms with Gasteiger partial charge in [0.15, 0.2) is 0 Å². The van der Waals surface area contributed by atoms with Gasteiger partial charge in [0.1, 0.15) is 28.8 Å². The third kappa shape index (κ3) is 3.07. The molecule has 1 amide bonds. The normalized spacial score (nSPS) is 10.3. The van der Waals surface area contributed by atoms with Gasteiger partial charge in [-0.3, -0.25) is 4.79 Å². The number of nitrogens with one attached hydrogen (secondary N) is 1. The smallest absolute Gasteiger partial charge is 0.261 e. The number of carbonyl (C=O) groups excluding carboxylic acids is 1. The van der Waals surface area contributed by atoms with Gasteiger partial charge in [0.25, 0.3) is 5.91 Å². The third-order valence-corrected chi connectivity index (χ3v) is 2.74. The van der Waals surface area contributed by atoms with E-state index < -0.39 is 28.9 Å². The van der Waals surface area contributed by atoms with Crippen molar-refractivity contribution >= 4 is 17.3 Å². The number of nitrogen functional groups attached to an aromatic ring is 1. The van der Waals surface area contributed by atoms with Gasteiger partial charge in [0, 0.05) is 18.2 Å². The molecule has 0 atom stereocenters. The van der Waals surface area contributed by atoms with Gasteiger partial charge >= 0.3 is 0 Å². The lowest BCUT2D eigenvalue weighted by Crippen LogP contribution is -2.17. The highest BCUT2D eigenvalue weighted by molar-refractivity contribution is 6.06. The van der Waals surface area contributed by atoms with Crippen LogP contribution in [0.1, 0.15) is 10.4 Å². The molecule has 2 aromatic carbocycles. The molecule has 7 heteroatoms. The first-order valence-electron chi connectivity index (χ1n) is 5.81. The fourth-order valence-electron chi connectivity index (χ4n) is 1.71. The molecule has 2 aromatic rings. The number of ether oxygens (including phenoxy) is 1. The summed E-state index contributed by atoms with van der Waals surface area (Å²) in [6.07, 6.45) is 0. The maximum atomic E-state index is 13.5. The quantitative estimate of drug-likeness (QED) is 0.856. The Morgan fingerprint density at radius 1 is 1.14 bits per heavy atom. The zero-order valence-electron chi connectivity index (χ0n) is 10.9. The molecule has 4 nitrogen and oxygen atoms in total. The minimum Gasteiger partial charge on any atom is -0.497 e. The van der Waals surface area contributed by atoms with Gasteiger partial charge in [-0.15, -0.1) is 0 Å². The molecule has 0 heterocycles. The summed E-state index contributed by atoms with van der Waals surface area (Å²) in [5, 5.41) is 2.26. The summed E-state index contributed by atoms with van der Waals surface area (Å²) in [6.45, 7) is 0. The molecule has 0 bridgehead atoms. The molecule has 0 saturated heterocycles. The predicted octanol–water partition coefficient (Wildman–Crippen LogP) is 2.95. The summed E-state index contributed by atoms with van der Waals surface area (Å²) < 4.78 is 44.8. The highest BCUT2D eigenvalue weighted by Crippen LogP contribution is 2.25. The molecule has 0 radical (unpaired) electrons. The van der Waals surface area contributed by atoms with Crippen LogP contribution < -0.4 is 15.8 Å².